The van der Waals surface area contributed by atoms with Gasteiger partial charge in [0.2, 0.25) is 0 Å². The summed E-state index contributed by atoms with van der Waals surface area (Å²) in [6, 6.07) is 7.31. The van der Waals surface area contributed by atoms with Crippen molar-refractivity contribution in [2.24, 2.45) is 0 Å². The van der Waals surface area contributed by atoms with Crippen molar-refractivity contribution in [1.29, 1.82) is 0 Å². The Hall–Kier alpha value is -3.12. The lowest BCUT2D eigenvalue weighted by atomic mass is 10.0. The fourth-order valence-corrected chi connectivity index (χ4v) is 5.32. The van der Waals surface area contributed by atoms with E-state index in [0.29, 0.717) is 18.4 Å². The number of amides is 2. The molecule has 2 aromatic carbocycles. The van der Waals surface area contributed by atoms with Crippen LogP contribution in [0.25, 0.3) is 11.1 Å². The van der Waals surface area contributed by atoms with Crippen LogP contribution in [0.1, 0.15) is 18.4 Å². The third kappa shape index (κ3) is 3.69. The third-order valence-corrected chi connectivity index (χ3v) is 7.01. The number of carbonyl (C=O) groups is 2. The first-order valence-electron chi connectivity index (χ1n) is 9.39. The first-order chi connectivity index (χ1) is 14.9. The zero-order valence-electron chi connectivity index (χ0n) is 16.6. The Morgan fingerprint density at radius 2 is 1.22 bits per heavy atom. The summed E-state index contributed by atoms with van der Waals surface area (Å²) in [4.78, 5) is 25.1. The lowest BCUT2D eigenvalue weighted by Crippen LogP contribution is -2.29. The van der Waals surface area contributed by atoms with Gasteiger partial charge in [0.1, 0.15) is 9.79 Å². The molecule has 11 heteroatoms. The Morgan fingerprint density at radius 3 is 1.72 bits per heavy atom. The fourth-order valence-electron chi connectivity index (χ4n) is 3.80. The van der Waals surface area contributed by atoms with E-state index in [1.807, 2.05) is 0 Å². The zero-order chi connectivity index (χ0) is 23.4. The average molecular weight is 476 g/mol. The first-order valence-corrected chi connectivity index (χ1v) is 12.3. The van der Waals surface area contributed by atoms with Crippen molar-refractivity contribution >= 4 is 37.7 Å². The normalized spacial score (nSPS) is 16.7. The molecule has 0 unspecified atom stereocenters. The maximum absolute atomic E-state index is 12.8. The summed E-state index contributed by atoms with van der Waals surface area (Å²) >= 11 is 0. The predicted octanol–water partition coefficient (Wildman–Crippen LogP) is 2.68. The van der Waals surface area contributed by atoms with E-state index in [2.05, 4.69) is 0 Å². The van der Waals surface area contributed by atoms with E-state index in [9.17, 15) is 35.5 Å². The molecule has 1 fully saturated rings. The first kappa shape index (κ1) is 22.1. The second-order valence-corrected chi connectivity index (χ2v) is 10.2. The Bertz CT molecular complexity index is 1440. The third-order valence-electron chi connectivity index (χ3n) is 5.23. The van der Waals surface area contributed by atoms with E-state index in [1.165, 1.54) is 24.3 Å². The topological polar surface area (TPSA) is 146 Å². The van der Waals surface area contributed by atoms with E-state index in [0.717, 1.165) is 17.0 Å². The van der Waals surface area contributed by atoms with Gasteiger partial charge in [-0.3, -0.25) is 18.7 Å². The summed E-state index contributed by atoms with van der Waals surface area (Å²) in [6.07, 6.45) is 4.45. The van der Waals surface area contributed by atoms with Gasteiger partial charge in [0, 0.05) is 22.3 Å². The molecule has 166 valence electrons. The minimum atomic E-state index is -4.92. The van der Waals surface area contributed by atoms with Gasteiger partial charge in [-0.25, -0.2) is 4.90 Å². The number of carbonyl (C=O) groups excluding carboxylic acids is 2. The summed E-state index contributed by atoms with van der Waals surface area (Å²) in [5.74, 6) is -1.24. The molecule has 2 amide bonds. The Kier molecular flexibility index (Phi) is 5.17. The van der Waals surface area contributed by atoms with Gasteiger partial charge in [-0.1, -0.05) is 30.4 Å². The van der Waals surface area contributed by atoms with Crippen LogP contribution in [0.2, 0.25) is 0 Å². The highest BCUT2D eigenvalue weighted by Crippen LogP contribution is 2.38. The fraction of sp³-hybridized carbons (Fsp3) is 0.143. The van der Waals surface area contributed by atoms with Gasteiger partial charge >= 0.3 is 0 Å². The monoisotopic (exact) mass is 475 g/mol. The molecule has 0 saturated carbocycles. The Morgan fingerprint density at radius 1 is 0.750 bits per heavy atom. The van der Waals surface area contributed by atoms with Crippen LogP contribution in [0.5, 0.6) is 0 Å². The molecule has 1 heterocycles. The Balaban J connectivity index is 1.94. The van der Waals surface area contributed by atoms with Gasteiger partial charge in [0.05, 0.1) is 5.69 Å². The van der Waals surface area contributed by atoms with Crippen LogP contribution in [-0.2, 0) is 29.8 Å². The molecule has 4 rings (SSSR count). The van der Waals surface area contributed by atoms with E-state index < -0.39 is 41.8 Å². The molecule has 0 atom stereocenters. The summed E-state index contributed by atoms with van der Waals surface area (Å²) in [6.45, 7) is 1.58. The molecular weight excluding hydrogens is 458 g/mol. The largest absolute Gasteiger partial charge is 0.295 e. The van der Waals surface area contributed by atoms with Crippen LogP contribution in [0.4, 0.5) is 5.69 Å². The van der Waals surface area contributed by atoms with Crippen molar-refractivity contribution in [3.8, 4) is 11.1 Å². The van der Waals surface area contributed by atoms with Crippen molar-refractivity contribution in [2.45, 2.75) is 29.6 Å². The van der Waals surface area contributed by atoms with Gasteiger partial charge < -0.3 is 0 Å². The second-order valence-electron chi connectivity index (χ2n) is 7.39. The molecule has 1 aliphatic carbocycles. The van der Waals surface area contributed by atoms with E-state index in [-0.39, 0.29) is 28.0 Å². The maximum Gasteiger partial charge on any atom is 0.295 e. The van der Waals surface area contributed by atoms with Gasteiger partial charge in [-0.05, 0) is 43.5 Å². The molecule has 2 aromatic rings. The van der Waals surface area contributed by atoms with Crippen LogP contribution in [0.15, 0.2) is 69.5 Å². The molecule has 0 bridgehead atoms. The Labute approximate surface area is 184 Å². The number of fused-ring (bicyclic) bond motifs is 1. The average Bonchev–Trinajstić information content (AvgIpc) is 2.97. The van der Waals surface area contributed by atoms with Gasteiger partial charge in [-0.2, -0.15) is 16.8 Å². The number of nitrogens with zero attached hydrogens (tertiary/aromatic N) is 1. The number of hydrogen-bond donors (Lipinski definition) is 2. The molecule has 9 nitrogen and oxygen atoms in total. The van der Waals surface area contributed by atoms with Crippen molar-refractivity contribution in [3.63, 3.8) is 0 Å². The van der Waals surface area contributed by atoms with Gasteiger partial charge in [-0.15, -0.1) is 0 Å². The van der Waals surface area contributed by atoms with Crippen LogP contribution < -0.4 is 4.90 Å². The van der Waals surface area contributed by atoms with Gasteiger partial charge in [0.15, 0.2) is 0 Å². The maximum atomic E-state index is 12.8. The minimum absolute atomic E-state index is 0.104. The number of hydrogen-bond acceptors (Lipinski definition) is 6. The number of anilines is 1. The van der Waals surface area contributed by atoms with Gasteiger partial charge in [0.25, 0.3) is 32.1 Å². The molecular formula is C21H17NO8S2. The smallest absolute Gasteiger partial charge is 0.282 e. The summed E-state index contributed by atoms with van der Waals surface area (Å²) < 4.78 is 67.5. The highest BCUT2D eigenvalue weighted by molar-refractivity contribution is 7.86. The highest BCUT2D eigenvalue weighted by atomic mass is 32.2. The van der Waals surface area contributed by atoms with Crippen molar-refractivity contribution in [3.05, 3.63) is 65.3 Å². The second kappa shape index (κ2) is 7.48. The lowest BCUT2D eigenvalue weighted by molar-refractivity contribution is -0.119. The summed E-state index contributed by atoms with van der Waals surface area (Å²) in [5, 5.41) is 0. The minimum Gasteiger partial charge on any atom is -0.282 e. The number of benzene rings is 2. The van der Waals surface area contributed by atoms with E-state index >= 15 is 0 Å². The highest BCUT2D eigenvalue weighted by Gasteiger charge is 2.40. The zero-order valence-corrected chi connectivity index (χ0v) is 18.3. The SMILES string of the molecule is Cc1ccc(-c2ccc(N3C(=O)C4=CCCC=C4C3=O)cc2S(=O)(=O)O)c(S(=O)(=O)O)c1. The summed E-state index contributed by atoms with van der Waals surface area (Å²) in [7, 11) is -9.66. The predicted molar refractivity (Wildman–Crippen MR) is 114 cm³/mol. The van der Waals surface area contributed by atoms with Crippen molar-refractivity contribution < 1.29 is 35.5 Å². The van der Waals surface area contributed by atoms with Crippen LogP contribution >= 0.6 is 0 Å². The van der Waals surface area contributed by atoms with Crippen LogP contribution in [0, 0.1) is 6.92 Å². The van der Waals surface area contributed by atoms with E-state index in [1.54, 1.807) is 19.1 Å². The molecule has 0 spiro atoms. The van der Waals surface area contributed by atoms with Crippen LogP contribution in [0.3, 0.4) is 0 Å². The standard InChI is InChI=1S/C21H17NO8S2/c1-12-6-8-14(18(10-12)31(25,26)27)15-9-7-13(11-19(15)32(28,29)30)22-20(23)16-4-2-3-5-17(16)21(22)24/h4-11H,2-3H2,1H3,(H,25,26,27)(H,28,29,30). The van der Waals surface area contributed by atoms with Crippen LogP contribution in [-0.4, -0.2) is 37.8 Å². The number of allylic oxidation sites excluding steroid dienone is 2. The molecule has 1 saturated heterocycles. The number of rotatable bonds is 4. The number of imide groups is 1. The quantitative estimate of drug-likeness (QED) is 0.507. The molecule has 1 aliphatic heterocycles. The lowest BCUT2D eigenvalue weighted by Gasteiger charge is -2.17. The van der Waals surface area contributed by atoms with Crippen molar-refractivity contribution in [2.75, 3.05) is 4.90 Å². The molecule has 0 radical (unpaired) electrons. The van der Waals surface area contributed by atoms with E-state index in [4.69, 9.17) is 0 Å². The molecule has 2 N–H and O–H groups in total. The molecule has 32 heavy (non-hydrogen) atoms. The molecule has 2 aliphatic rings. The summed E-state index contributed by atoms with van der Waals surface area (Å²) in [5.41, 5.74) is 0.447. The molecule has 0 aromatic heterocycles. The van der Waals surface area contributed by atoms with Crippen molar-refractivity contribution in [1.82, 2.24) is 0 Å². The number of aryl methyl sites for hydroxylation is 1.